The number of nitrogens with one attached hydrogen (secondary N) is 1. The first kappa shape index (κ1) is 11.1. The van der Waals surface area contributed by atoms with Gasteiger partial charge in [-0.25, -0.2) is 0 Å². The van der Waals surface area contributed by atoms with Crippen LogP contribution >= 0.6 is 28.3 Å². The van der Waals surface area contributed by atoms with Crippen molar-refractivity contribution in [1.29, 1.82) is 5.41 Å². The van der Waals surface area contributed by atoms with Crippen LogP contribution in [-0.4, -0.2) is 11.2 Å². The lowest BCUT2D eigenvalue weighted by molar-refractivity contribution is 0.996. The molecule has 0 aliphatic rings. The lowest BCUT2D eigenvalue weighted by atomic mass is 10.3. The molecule has 0 aromatic rings. The lowest BCUT2D eigenvalue weighted by Gasteiger charge is -1.89. The van der Waals surface area contributed by atoms with Crippen LogP contribution in [0.15, 0.2) is 0 Å². The summed E-state index contributed by atoms with van der Waals surface area (Å²) in [5.41, 5.74) is 5.04. The van der Waals surface area contributed by atoms with Crippen molar-refractivity contribution in [2.45, 2.75) is 12.8 Å². The Labute approximate surface area is 63.9 Å². The lowest BCUT2D eigenvalue weighted by Crippen LogP contribution is -2.08. The number of halogens is 2. The van der Waals surface area contributed by atoms with E-state index in [0.717, 1.165) is 11.8 Å². The van der Waals surface area contributed by atoms with E-state index in [1.54, 1.807) is 0 Å². The highest BCUT2D eigenvalue weighted by Gasteiger charge is 1.84. The van der Waals surface area contributed by atoms with Crippen molar-refractivity contribution in [3.63, 3.8) is 0 Å². The minimum atomic E-state index is 0. The van der Waals surface area contributed by atoms with Crippen molar-refractivity contribution < 1.29 is 0 Å². The molecule has 0 saturated heterocycles. The Morgan fingerprint density at radius 2 is 2.12 bits per heavy atom. The van der Waals surface area contributed by atoms with Crippen LogP contribution in [0.3, 0.4) is 0 Å². The van der Waals surface area contributed by atoms with Crippen molar-refractivity contribution in [3.05, 3.63) is 0 Å². The Morgan fingerprint density at radius 3 is 2.25 bits per heavy atom. The van der Waals surface area contributed by atoms with E-state index in [9.17, 15) is 0 Å². The number of hydrogen-bond acceptors (Lipinski definition) is 1. The summed E-state index contributed by atoms with van der Waals surface area (Å²) >= 11 is 3.23. The molecule has 50 valence electrons. The Hall–Kier alpha value is 0.240. The van der Waals surface area contributed by atoms with Gasteiger partial charge in [0, 0.05) is 11.8 Å². The van der Waals surface area contributed by atoms with Gasteiger partial charge in [0.25, 0.3) is 0 Å². The van der Waals surface area contributed by atoms with Gasteiger partial charge in [0.05, 0.1) is 5.84 Å². The summed E-state index contributed by atoms with van der Waals surface area (Å²) in [7, 11) is 0. The Morgan fingerprint density at radius 1 is 1.62 bits per heavy atom. The third kappa shape index (κ3) is 9.53. The van der Waals surface area contributed by atoms with Crippen LogP contribution in [0.1, 0.15) is 12.8 Å². The molecular weight excluding hydrogens is 191 g/mol. The zero-order valence-electron chi connectivity index (χ0n) is 4.48. The number of alkyl halides is 1. The summed E-state index contributed by atoms with van der Waals surface area (Å²) in [5.74, 6) is 0.277. The third-order valence-corrected chi connectivity index (χ3v) is 1.14. The van der Waals surface area contributed by atoms with Gasteiger partial charge in [-0.3, -0.25) is 5.41 Å². The highest BCUT2D eigenvalue weighted by atomic mass is 79.9. The predicted molar refractivity (Wildman–Crippen MR) is 42.2 cm³/mol. The van der Waals surface area contributed by atoms with Gasteiger partial charge in [0.2, 0.25) is 0 Å². The molecule has 0 amide bonds. The van der Waals surface area contributed by atoms with Gasteiger partial charge in [-0.1, -0.05) is 15.9 Å². The molecule has 0 bridgehead atoms. The van der Waals surface area contributed by atoms with Gasteiger partial charge >= 0.3 is 0 Å². The largest absolute Gasteiger partial charge is 0.388 e. The molecule has 2 nitrogen and oxygen atoms in total. The zero-order chi connectivity index (χ0) is 5.70. The van der Waals surface area contributed by atoms with E-state index in [2.05, 4.69) is 15.9 Å². The quantitative estimate of drug-likeness (QED) is 0.406. The van der Waals surface area contributed by atoms with E-state index in [1.807, 2.05) is 0 Å². The van der Waals surface area contributed by atoms with E-state index in [1.165, 1.54) is 0 Å². The smallest absolute Gasteiger partial charge is 0.0905 e. The van der Waals surface area contributed by atoms with Crippen LogP contribution in [0.5, 0.6) is 0 Å². The monoisotopic (exact) mass is 200 g/mol. The summed E-state index contributed by atoms with van der Waals surface area (Å²) in [4.78, 5) is 0. The minimum absolute atomic E-state index is 0. The molecule has 0 rings (SSSR count). The Balaban J connectivity index is 0. The summed E-state index contributed by atoms with van der Waals surface area (Å²) in [6.07, 6.45) is 1.68. The number of amidine groups is 1. The van der Waals surface area contributed by atoms with Gasteiger partial charge in [-0.2, -0.15) is 0 Å². The molecule has 0 aliphatic heterocycles. The first-order valence-corrected chi connectivity index (χ1v) is 3.28. The molecule has 0 aromatic carbocycles. The van der Waals surface area contributed by atoms with E-state index in [-0.39, 0.29) is 18.2 Å². The van der Waals surface area contributed by atoms with E-state index >= 15 is 0 Å². The van der Waals surface area contributed by atoms with Crippen LogP contribution in [0, 0.1) is 5.41 Å². The molecule has 0 unspecified atom stereocenters. The molecule has 0 aliphatic carbocycles. The first-order chi connectivity index (χ1) is 3.27. The van der Waals surface area contributed by atoms with Gasteiger partial charge in [0.1, 0.15) is 0 Å². The molecule has 0 atom stereocenters. The molecule has 0 radical (unpaired) electrons. The fraction of sp³-hybridized carbons (Fsp3) is 0.750. The SMILES string of the molecule is Cl.N=C(N)CCCBr. The molecule has 0 fully saturated rings. The maximum atomic E-state index is 6.75. The molecule has 0 aromatic heterocycles. The van der Waals surface area contributed by atoms with Crippen LogP contribution in [0.4, 0.5) is 0 Å². The van der Waals surface area contributed by atoms with E-state index in [0.29, 0.717) is 6.42 Å². The highest BCUT2D eigenvalue weighted by Crippen LogP contribution is 1.90. The van der Waals surface area contributed by atoms with Crippen LogP contribution < -0.4 is 5.73 Å². The van der Waals surface area contributed by atoms with Crippen molar-refractivity contribution in [2.75, 3.05) is 5.33 Å². The topological polar surface area (TPSA) is 49.9 Å². The van der Waals surface area contributed by atoms with Gasteiger partial charge < -0.3 is 5.73 Å². The van der Waals surface area contributed by atoms with Gasteiger partial charge in [-0.15, -0.1) is 12.4 Å². The Bertz CT molecular complexity index is 67.1. The summed E-state index contributed by atoms with van der Waals surface area (Å²) in [6.45, 7) is 0. The van der Waals surface area contributed by atoms with E-state index in [4.69, 9.17) is 11.1 Å². The molecule has 8 heavy (non-hydrogen) atoms. The average molecular weight is 201 g/mol. The second-order valence-corrected chi connectivity index (χ2v) is 2.11. The van der Waals surface area contributed by atoms with Gasteiger partial charge in [-0.05, 0) is 6.42 Å². The molecule has 0 heterocycles. The summed E-state index contributed by atoms with van der Waals surface area (Å²) < 4.78 is 0. The number of rotatable bonds is 3. The third-order valence-electron chi connectivity index (χ3n) is 0.580. The predicted octanol–water partition coefficient (Wildman–Crippen LogP) is 1.52. The second-order valence-electron chi connectivity index (χ2n) is 1.32. The minimum Gasteiger partial charge on any atom is -0.388 e. The molecule has 0 spiro atoms. The molecule has 3 N–H and O–H groups in total. The van der Waals surface area contributed by atoms with Crippen molar-refractivity contribution in [3.8, 4) is 0 Å². The fourth-order valence-electron chi connectivity index (χ4n) is 0.257. The Kier molecular flexibility index (Phi) is 10.0. The van der Waals surface area contributed by atoms with Crippen molar-refractivity contribution in [2.24, 2.45) is 5.73 Å². The standard InChI is InChI=1S/C4H9BrN2.ClH/c5-3-1-2-4(6)7;/h1-3H2,(H3,6,7);1H. The zero-order valence-corrected chi connectivity index (χ0v) is 6.89. The molecular formula is C4H10BrClN2. The van der Waals surface area contributed by atoms with E-state index < -0.39 is 0 Å². The summed E-state index contributed by atoms with van der Waals surface area (Å²) in [5, 5.41) is 7.69. The normalized spacial score (nSPS) is 7.62. The highest BCUT2D eigenvalue weighted by molar-refractivity contribution is 9.09. The maximum absolute atomic E-state index is 6.75. The van der Waals surface area contributed by atoms with Crippen LogP contribution in [0.2, 0.25) is 0 Å². The van der Waals surface area contributed by atoms with Gasteiger partial charge in [0.15, 0.2) is 0 Å². The maximum Gasteiger partial charge on any atom is 0.0905 e. The van der Waals surface area contributed by atoms with Crippen LogP contribution in [-0.2, 0) is 0 Å². The molecule has 0 saturated carbocycles. The average Bonchev–Trinajstić information content (AvgIpc) is 1.61. The number of hydrogen-bond donors (Lipinski definition) is 2. The molecule has 4 heteroatoms. The van der Waals surface area contributed by atoms with Crippen LogP contribution in [0.25, 0.3) is 0 Å². The van der Waals surface area contributed by atoms with Crippen molar-refractivity contribution >= 4 is 34.2 Å². The van der Waals surface area contributed by atoms with Crippen molar-refractivity contribution in [1.82, 2.24) is 0 Å². The second kappa shape index (κ2) is 7.24. The summed E-state index contributed by atoms with van der Waals surface area (Å²) in [6, 6.07) is 0. The number of nitrogens with two attached hydrogens (primary N) is 1. The first-order valence-electron chi connectivity index (χ1n) is 2.16. The fourth-order valence-corrected chi connectivity index (χ4v) is 0.538.